The average Bonchev–Trinajstić information content (AvgIpc) is 2.76. The van der Waals surface area contributed by atoms with Gasteiger partial charge in [0.25, 0.3) is 11.8 Å². The average molecular weight is 418 g/mol. The van der Waals surface area contributed by atoms with Gasteiger partial charge in [-0.1, -0.05) is 24.3 Å². The summed E-state index contributed by atoms with van der Waals surface area (Å²) in [4.78, 5) is 37.8. The van der Waals surface area contributed by atoms with E-state index < -0.39 is 23.4 Å². The number of hydrogen-bond acceptors (Lipinski definition) is 3. The summed E-state index contributed by atoms with van der Waals surface area (Å²) >= 11 is 0. The number of halogens is 2. The van der Waals surface area contributed by atoms with Gasteiger partial charge in [-0.2, -0.15) is 0 Å². The molecule has 5 nitrogen and oxygen atoms in total. The largest absolute Gasteiger partial charge is 0.348 e. The molecule has 0 atom stereocenters. The third-order valence-electron chi connectivity index (χ3n) is 4.79. The summed E-state index contributed by atoms with van der Waals surface area (Å²) in [7, 11) is 0. The fraction of sp³-hybridized carbons (Fsp3) is 0.0417. The van der Waals surface area contributed by atoms with E-state index in [-0.39, 0.29) is 29.1 Å². The Labute approximate surface area is 176 Å². The number of amides is 2. The van der Waals surface area contributed by atoms with Crippen LogP contribution in [0.4, 0.5) is 14.5 Å². The van der Waals surface area contributed by atoms with Gasteiger partial charge in [0, 0.05) is 17.7 Å². The van der Waals surface area contributed by atoms with Gasteiger partial charge in [0.2, 0.25) is 5.78 Å². The van der Waals surface area contributed by atoms with Crippen LogP contribution in [-0.4, -0.2) is 17.6 Å². The van der Waals surface area contributed by atoms with E-state index in [1.54, 1.807) is 18.2 Å². The summed E-state index contributed by atoms with van der Waals surface area (Å²) in [5.74, 6) is -2.44. The summed E-state index contributed by atoms with van der Waals surface area (Å²) in [5, 5.41) is 5.32. The van der Waals surface area contributed by atoms with Crippen molar-refractivity contribution < 1.29 is 23.2 Å². The van der Waals surface area contributed by atoms with Crippen molar-refractivity contribution in [3.05, 3.63) is 106 Å². The number of ketones is 1. The molecule has 2 N–H and O–H groups in total. The molecule has 0 saturated heterocycles. The van der Waals surface area contributed by atoms with Crippen molar-refractivity contribution in [2.24, 2.45) is 0 Å². The van der Waals surface area contributed by atoms with Crippen molar-refractivity contribution in [2.45, 2.75) is 6.54 Å². The first-order chi connectivity index (χ1) is 14.9. The Hall–Kier alpha value is -4.13. The highest BCUT2D eigenvalue weighted by Gasteiger charge is 2.29. The van der Waals surface area contributed by atoms with Crippen LogP contribution < -0.4 is 10.6 Å². The van der Waals surface area contributed by atoms with E-state index in [1.807, 2.05) is 0 Å². The SMILES string of the molecule is O=C1Nc2ccc(C(=O)NCc3ccc(F)cc3)cc2C(=O)/C1=C\c1cccc(F)c1. The van der Waals surface area contributed by atoms with Crippen LogP contribution in [-0.2, 0) is 11.3 Å². The van der Waals surface area contributed by atoms with Gasteiger partial charge in [-0.25, -0.2) is 8.78 Å². The number of carbonyl (C=O) groups is 3. The van der Waals surface area contributed by atoms with E-state index in [4.69, 9.17) is 0 Å². The maximum Gasteiger partial charge on any atom is 0.259 e. The van der Waals surface area contributed by atoms with Crippen LogP contribution >= 0.6 is 0 Å². The molecule has 0 aromatic heterocycles. The van der Waals surface area contributed by atoms with Crippen LogP contribution in [0.3, 0.4) is 0 Å². The summed E-state index contributed by atoms with van der Waals surface area (Å²) < 4.78 is 26.4. The number of Topliss-reactive ketones (excluding diaryl/α,β-unsaturated/α-hetero) is 1. The molecule has 31 heavy (non-hydrogen) atoms. The molecule has 1 heterocycles. The molecule has 0 bridgehead atoms. The first-order valence-corrected chi connectivity index (χ1v) is 9.41. The Bertz CT molecular complexity index is 1230. The van der Waals surface area contributed by atoms with Crippen molar-refractivity contribution in [3.63, 3.8) is 0 Å². The molecule has 4 rings (SSSR count). The predicted octanol–water partition coefficient (Wildman–Crippen LogP) is 4.11. The predicted molar refractivity (Wildman–Crippen MR) is 111 cm³/mol. The van der Waals surface area contributed by atoms with Gasteiger partial charge in [0.15, 0.2) is 0 Å². The van der Waals surface area contributed by atoms with Gasteiger partial charge in [-0.05, 0) is 59.7 Å². The second-order valence-electron chi connectivity index (χ2n) is 6.97. The van der Waals surface area contributed by atoms with Gasteiger partial charge >= 0.3 is 0 Å². The number of hydrogen-bond donors (Lipinski definition) is 2. The molecule has 0 unspecified atom stereocenters. The van der Waals surface area contributed by atoms with E-state index >= 15 is 0 Å². The minimum Gasteiger partial charge on any atom is -0.348 e. The summed E-state index contributed by atoms with van der Waals surface area (Å²) in [6, 6.07) is 15.6. The van der Waals surface area contributed by atoms with E-state index in [2.05, 4.69) is 10.6 Å². The molecule has 1 aliphatic heterocycles. The normalized spacial score (nSPS) is 14.2. The van der Waals surface area contributed by atoms with Crippen LogP contribution in [0.2, 0.25) is 0 Å². The Morgan fingerprint density at radius 1 is 0.935 bits per heavy atom. The van der Waals surface area contributed by atoms with E-state index in [0.717, 1.165) is 5.56 Å². The number of nitrogens with one attached hydrogen (secondary N) is 2. The fourth-order valence-corrected chi connectivity index (χ4v) is 3.20. The highest BCUT2D eigenvalue weighted by Crippen LogP contribution is 2.27. The van der Waals surface area contributed by atoms with Gasteiger partial charge in [-0.3, -0.25) is 14.4 Å². The molecule has 0 radical (unpaired) electrons. The molecule has 3 aromatic carbocycles. The number of fused-ring (bicyclic) bond motifs is 1. The quantitative estimate of drug-likeness (QED) is 0.495. The first kappa shape index (κ1) is 20.2. The lowest BCUT2D eigenvalue weighted by Gasteiger charge is -2.19. The molecule has 2 amide bonds. The second kappa shape index (κ2) is 8.31. The molecule has 0 aliphatic carbocycles. The van der Waals surface area contributed by atoms with Gasteiger partial charge in [0.1, 0.15) is 11.6 Å². The molecule has 7 heteroatoms. The zero-order valence-corrected chi connectivity index (χ0v) is 16.1. The Kier molecular flexibility index (Phi) is 5.41. The molecular weight excluding hydrogens is 402 g/mol. The Balaban J connectivity index is 1.57. The van der Waals surface area contributed by atoms with E-state index in [9.17, 15) is 23.2 Å². The van der Waals surface area contributed by atoms with Crippen molar-refractivity contribution in [1.82, 2.24) is 5.32 Å². The smallest absolute Gasteiger partial charge is 0.259 e. The molecule has 0 saturated carbocycles. The molecular formula is C24H16F2N2O3. The van der Waals surface area contributed by atoms with E-state index in [0.29, 0.717) is 11.3 Å². The standard InChI is InChI=1S/C24H16F2N2O3/c25-17-7-4-14(5-8-17)13-27-23(30)16-6-9-21-19(12-16)22(29)20(24(31)28-21)11-15-2-1-3-18(26)10-15/h1-12H,13H2,(H,27,30)(H,28,31)/b20-11+. The highest BCUT2D eigenvalue weighted by atomic mass is 19.1. The van der Waals surface area contributed by atoms with Crippen molar-refractivity contribution in [3.8, 4) is 0 Å². The second-order valence-corrected chi connectivity index (χ2v) is 6.97. The Morgan fingerprint density at radius 3 is 2.45 bits per heavy atom. The molecule has 0 spiro atoms. The third-order valence-corrected chi connectivity index (χ3v) is 4.79. The minimum absolute atomic E-state index is 0.151. The first-order valence-electron chi connectivity index (χ1n) is 9.41. The highest BCUT2D eigenvalue weighted by molar-refractivity contribution is 6.36. The van der Waals surface area contributed by atoms with Crippen LogP contribution in [0.25, 0.3) is 6.08 Å². The molecule has 0 fully saturated rings. The van der Waals surface area contributed by atoms with Gasteiger partial charge in [0.05, 0.1) is 11.3 Å². The number of carbonyl (C=O) groups excluding carboxylic acids is 3. The molecule has 3 aromatic rings. The van der Waals surface area contributed by atoms with Gasteiger partial charge < -0.3 is 10.6 Å². The lowest BCUT2D eigenvalue weighted by molar-refractivity contribution is -0.112. The Morgan fingerprint density at radius 2 is 1.71 bits per heavy atom. The van der Waals surface area contributed by atoms with Crippen LogP contribution in [0, 0.1) is 11.6 Å². The lowest BCUT2D eigenvalue weighted by atomic mass is 9.93. The monoisotopic (exact) mass is 418 g/mol. The number of rotatable bonds is 4. The zero-order chi connectivity index (χ0) is 22.0. The lowest BCUT2D eigenvalue weighted by Crippen LogP contribution is -2.28. The van der Waals surface area contributed by atoms with Crippen LogP contribution in [0.5, 0.6) is 0 Å². The van der Waals surface area contributed by atoms with Crippen molar-refractivity contribution in [1.29, 1.82) is 0 Å². The van der Waals surface area contributed by atoms with Crippen LogP contribution in [0.15, 0.2) is 72.3 Å². The number of benzene rings is 3. The summed E-state index contributed by atoms with van der Waals surface area (Å²) in [6.07, 6.45) is 1.31. The van der Waals surface area contributed by atoms with Crippen LogP contribution in [0.1, 0.15) is 31.8 Å². The van der Waals surface area contributed by atoms with E-state index in [1.165, 1.54) is 54.6 Å². The summed E-state index contributed by atoms with van der Waals surface area (Å²) in [6.45, 7) is 0.186. The fourth-order valence-electron chi connectivity index (χ4n) is 3.20. The topological polar surface area (TPSA) is 75.3 Å². The zero-order valence-electron chi connectivity index (χ0n) is 16.1. The van der Waals surface area contributed by atoms with Gasteiger partial charge in [-0.15, -0.1) is 0 Å². The van der Waals surface area contributed by atoms with Crippen molar-refractivity contribution in [2.75, 3.05) is 5.32 Å². The molecule has 154 valence electrons. The maximum absolute atomic E-state index is 13.4. The van der Waals surface area contributed by atoms with Crippen molar-refractivity contribution >= 4 is 29.4 Å². The number of anilines is 1. The minimum atomic E-state index is -0.602. The summed E-state index contributed by atoms with van der Waals surface area (Å²) in [5.41, 5.74) is 1.63. The molecule has 1 aliphatic rings. The third kappa shape index (κ3) is 4.40. The maximum atomic E-state index is 13.4.